The third-order valence-electron chi connectivity index (χ3n) is 21.2. The van der Waals surface area contributed by atoms with E-state index in [1.54, 1.807) is 104 Å². The molecule has 39 nitrogen and oxygen atoms in total. The molecule has 630 valence electrons. The molecule has 39 heteroatoms. The number of carbonyl (C=O) groups is 7. The van der Waals surface area contributed by atoms with Crippen LogP contribution in [0.1, 0.15) is 142 Å². The maximum Gasteiger partial charge on any atom is 0.407 e. The number of hydrogen-bond donors (Lipinski definition) is 6. The van der Waals surface area contributed by atoms with Gasteiger partial charge < -0.3 is 155 Å². The van der Waals surface area contributed by atoms with Crippen LogP contribution in [0.5, 0.6) is 0 Å². The Morgan fingerprint density at radius 1 is 0.288 bits per heavy atom. The molecule has 12 rings (SSSR count). The molecule has 6 amide bonds. The van der Waals surface area contributed by atoms with Crippen molar-refractivity contribution in [2.24, 2.45) is 0 Å². The summed E-state index contributed by atoms with van der Waals surface area (Å²) in [5, 5.41) is 17.7. The lowest BCUT2D eigenvalue weighted by molar-refractivity contribution is -0.221. The van der Waals surface area contributed by atoms with Crippen LogP contribution in [0, 0.1) is 0 Å². The highest BCUT2D eigenvalue weighted by Gasteiger charge is 2.65. The molecule has 12 aliphatic rings. The van der Waals surface area contributed by atoms with Crippen molar-refractivity contribution in [2.45, 2.75) is 367 Å². The molecule has 0 aromatic carbocycles. The molecule has 0 radical (unpaired) electrons. The zero-order chi connectivity index (χ0) is 80.7. The Bertz CT molecular complexity index is 3340. The number of methoxy groups -OCH3 is 7. The molecule has 0 bridgehead atoms. The zero-order valence-electron chi connectivity index (χ0n) is 67.0. The van der Waals surface area contributed by atoms with Gasteiger partial charge in [0.1, 0.15) is 115 Å². The number of amides is 6. The summed E-state index contributed by atoms with van der Waals surface area (Å²) in [4.78, 5) is 103. The molecule has 6 unspecified atom stereocenters. The quantitative estimate of drug-likeness (QED) is 0.0522. The number of hydrogen-bond acceptors (Lipinski definition) is 33. The predicted octanol–water partition coefficient (Wildman–Crippen LogP) is 0.166. The van der Waals surface area contributed by atoms with Gasteiger partial charge >= 0.3 is 12.1 Å². The molecule has 12 saturated heterocycles. The van der Waals surface area contributed by atoms with Crippen LogP contribution in [0.25, 0.3) is 0 Å². The summed E-state index contributed by atoms with van der Waals surface area (Å²) < 4.78 is 160. The minimum atomic E-state index is -1.36. The number of fused-ring (bicyclic) bond motifs is 6. The molecular formula is C72H114N6O33. The normalized spacial score (nSPS) is 39.5. The molecule has 111 heavy (non-hydrogen) atoms. The second-order valence-corrected chi connectivity index (χ2v) is 33.5. The molecular weight excluding hydrogens is 1480 g/mol. The van der Waals surface area contributed by atoms with Crippen LogP contribution in [0.4, 0.5) is 4.79 Å². The van der Waals surface area contributed by atoms with Crippen molar-refractivity contribution >= 4 is 41.6 Å². The van der Waals surface area contributed by atoms with Gasteiger partial charge in [0.15, 0.2) is 72.5 Å². The van der Waals surface area contributed by atoms with Crippen LogP contribution in [-0.2, 0) is 152 Å². The van der Waals surface area contributed by atoms with E-state index in [4.69, 9.17) is 123 Å². The minimum absolute atomic E-state index is 0.387. The topological polar surface area (TPSA) is 432 Å². The first-order valence-corrected chi connectivity index (χ1v) is 37.7. The first-order chi connectivity index (χ1) is 51.9. The molecule has 12 aliphatic heterocycles. The van der Waals surface area contributed by atoms with Gasteiger partial charge in [-0.3, -0.25) is 28.8 Å². The van der Waals surface area contributed by atoms with Gasteiger partial charge in [-0.1, -0.05) is 0 Å². The largest absolute Gasteiger partial charge is 0.469 e. The van der Waals surface area contributed by atoms with Crippen molar-refractivity contribution in [3.05, 3.63) is 0 Å². The van der Waals surface area contributed by atoms with Crippen molar-refractivity contribution in [3.8, 4) is 0 Å². The van der Waals surface area contributed by atoms with E-state index in [-0.39, 0.29) is 6.42 Å². The van der Waals surface area contributed by atoms with Crippen LogP contribution in [-0.4, -0.2) is 316 Å². The highest BCUT2D eigenvalue weighted by Crippen LogP contribution is 2.47. The summed E-state index contributed by atoms with van der Waals surface area (Å²) in [5.74, 6) is -11.1. The van der Waals surface area contributed by atoms with Crippen molar-refractivity contribution in [2.75, 3.05) is 49.8 Å². The Morgan fingerprint density at radius 2 is 0.468 bits per heavy atom. The fourth-order valence-corrected chi connectivity index (χ4v) is 17.1. The molecule has 0 saturated carbocycles. The summed E-state index contributed by atoms with van der Waals surface area (Å²) in [6.45, 7) is 25.4. The van der Waals surface area contributed by atoms with E-state index in [1.165, 1.54) is 49.8 Å². The van der Waals surface area contributed by atoms with Crippen LogP contribution >= 0.6 is 0 Å². The van der Waals surface area contributed by atoms with Gasteiger partial charge in [-0.2, -0.15) is 0 Å². The van der Waals surface area contributed by atoms with E-state index in [0.29, 0.717) is 0 Å². The Kier molecular flexibility index (Phi) is 25.3. The summed E-state index contributed by atoms with van der Waals surface area (Å²) in [6.07, 6.45) is -27.7. The Morgan fingerprint density at radius 3 is 0.640 bits per heavy atom. The predicted molar refractivity (Wildman–Crippen MR) is 369 cm³/mol. The molecule has 0 spiro atoms. The van der Waals surface area contributed by atoms with E-state index in [9.17, 15) is 14.4 Å². The highest BCUT2D eigenvalue weighted by molar-refractivity contribution is 5.84. The average molecular weight is 1590 g/mol. The summed E-state index contributed by atoms with van der Waals surface area (Å²) in [5.41, 5.74) is -0.962. The molecule has 12 heterocycles. The lowest BCUT2D eigenvalue weighted by Gasteiger charge is -2.34. The molecule has 0 aliphatic carbocycles. The number of ether oxygens (including phenoxy) is 26. The number of nitrogens with one attached hydrogen (secondary N) is 6. The Balaban J connectivity index is 0.826. The summed E-state index contributed by atoms with van der Waals surface area (Å²) in [7, 11) is 9.71. The first-order valence-electron chi connectivity index (χ1n) is 37.7. The molecule has 6 N–H and O–H groups in total. The van der Waals surface area contributed by atoms with Crippen LogP contribution in [0.15, 0.2) is 0 Å². The standard InChI is InChI=1S/C72H114N6O33/c1-66(2,3)111-65(85)78-33(45-51(91-21)57-63(97-45)109-71(12,13)103-57)27-39(83)76-31(43-49(89-19)55-61(95-43)107-69(8,9)101-55)25-37(81)74-29(41-47(87-17)53-59(93-41)105-67(4,5)99-53)23-35(79)73-30(42-48(88-18)54-60(94-42)106-68(6,7)100-54)24-36(80)75-32(44-50(90-20)56-62(96-44)108-70(10,11)102-56)26-38(82)77-34(28-40(84)86-16)46-52(92-22)58-64(98-46)110-72(14,15)104-58/h29-34,41-64H,23-28H2,1-22H3,(H,73,79)(H,74,81)(H,75,80)(H,76,83)(H,77,82)(H,78,85)/t29?,30?,31?,32?,33?,34?,41-,42+,43+,44-,45-,46+,47-,48-,49-,50-,51-,52-,53+,54+,55+,56+,57+,58+,59+,60+,61+,62+,63+,64+/m0/s1. The van der Waals surface area contributed by atoms with Gasteiger partial charge in [-0.05, 0) is 104 Å². The highest BCUT2D eigenvalue weighted by atomic mass is 16.9. The smallest absolute Gasteiger partial charge is 0.407 e. The van der Waals surface area contributed by atoms with Crippen molar-refractivity contribution in [1.82, 2.24) is 31.9 Å². The summed E-state index contributed by atoms with van der Waals surface area (Å²) in [6, 6.07) is -7.58. The third-order valence-corrected chi connectivity index (χ3v) is 21.2. The van der Waals surface area contributed by atoms with Gasteiger partial charge in [0.05, 0.1) is 49.8 Å². The lowest BCUT2D eigenvalue weighted by Crippen LogP contribution is -2.58. The van der Waals surface area contributed by atoms with Crippen molar-refractivity contribution in [1.29, 1.82) is 0 Å². The fourth-order valence-electron chi connectivity index (χ4n) is 17.1. The van der Waals surface area contributed by atoms with Crippen LogP contribution < -0.4 is 31.9 Å². The molecule has 30 atom stereocenters. The number of carbonyl (C=O) groups excluding carboxylic acids is 7. The first kappa shape index (κ1) is 85.5. The lowest BCUT2D eigenvalue weighted by atomic mass is 9.95. The number of alkyl carbamates (subject to hydrolysis) is 1. The van der Waals surface area contributed by atoms with Gasteiger partial charge in [0.25, 0.3) is 0 Å². The maximum atomic E-state index is 15.5. The van der Waals surface area contributed by atoms with E-state index in [2.05, 4.69) is 31.9 Å². The van der Waals surface area contributed by atoms with Crippen LogP contribution in [0.2, 0.25) is 0 Å². The van der Waals surface area contributed by atoms with E-state index >= 15 is 19.2 Å². The van der Waals surface area contributed by atoms with Gasteiger partial charge in [-0.25, -0.2) is 4.79 Å². The fraction of sp³-hybridized carbons (Fsp3) is 0.903. The van der Waals surface area contributed by atoms with Gasteiger partial charge in [0.2, 0.25) is 29.5 Å². The second-order valence-electron chi connectivity index (χ2n) is 33.5. The third kappa shape index (κ3) is 19.1. The molecule has 0 aromatic heterocycles. The Labute approximate surface area is 644 Å². The molecule has 0 aromatic rings. The zero-order valence-corrected chi connectivity index (χ0v) is 67.0. The Hall–Kier alpha value is -4.87. The van der Waals surface area contributed by atoms with Crippen LogP contribution in [0.3, 0.4) is 0 Å². The summed E-state index contributed by atoms with van der Waals surface area (Å²) >= 11 is 0. The number of esters is 1. The SMILES string of the molecule is COC(=O)CC(NC(=O)CC(NC(=O)CC(NC(=O)CC(NC(=O)CC(NC(=O)CC(NC(=O)OC(C)(C)C)[C@@H]1O[C@@H]2OC(C)(C)O[C@@H]2[C@H]1OC)[C@H]1O[C@@H]2OC(C)(C)O[C@@H]2[C@H]1OC)[C@@H]1O[C@@H]2OC(C)(C)O[C@@H]2[C@H]1OC)[C@H]1O[C@@H]2OC(C)(C)O[C@@H]2[C@H]1OC)[C@@H]1O[C@@H]2OC(C)(C)O[C@@H]2[C@H]1OC)[C@H]1O[C@@H]2OC(C)(C)O[C@@H]2[C@H]1OC. The minimum Gasteiger partial charge on any atom is -0.469 e. The van der Waals surface area contributed by atoms with Gasteiger partial charge in [-0.15, -0.1) is 0 Å². The second kappa shape index (κ2) is 32.9. The van der Waals surface area contributed by atoms with Gasteiger partial charge in [0, 0.05) is 74.8 Å². The van der Waals surface area contributed by atoms with E-state index < -0.39 is 298 Å². The number of rotatable bonds is 30. The van der Waals surface area contributed by atoms with E-state index in [1.807, 2.05) is 0 Å². The van der Waals surface area contributed by atoms with Crippen molar-refractivity contribution < 1.29 is 157 Å². The maximum absolute atomic E-state index is 15.5. The van der Waals surface area contributed by atoms with Crippen molar-refractivity contribution in [3.63, 3.8) is 0 Å². The molecule has 12 fully saturated rings. The monoisotopic (exact) mass is 1590 g/mol. The van der Waals surface area contributed by atoms with E-state index in [0.717, 1.165) is 0 Å². The average Bonchev–Trinajstić information content (AvgIpc) is 1.64.